The normalized spacial score (nSPS) is 11.3. The van der Waals surface area contributed by atoms with Gasteiger partial charge >= 0.3 is 42.1 Å². The molecule has 10 aromatic rings. The van der Waals surface area contributed by atoms with Gasteiger partial charge in [-0.1, -0.05) is 84.9 Å². The molecule has 0 aliphatic heterocycles. The summed E-state index contributed by atoms with van der Waals surface area (Å²) in [5.74, 6) is -8.58. The van der Waals surface area contributed by atoms with Crippen LogP contribution in [0, 0.1) is 13.8 Å². The first-order valence-corrected chi connectivity index (χ1v) is 29.8. The summed E-state index contributed by atoms with van der Waals surface area (Å²) in [6.07, 6.45) is -7.41. The molecule has 0 unspecified atom stereocenters. The second-order valence-electron chi connectivity index (χ2n) is 21.7. The summed E-state index contributed by atoms with van der Waals surface area (Å²) in [6.45, 7) is 2.60. The molecule has 10 rings (SSSR count). The zero-order chi connectivity index (χ0) is 69.8. The van der Waals surface area contributed by atoms with Gasteiger partial charge in [0.1, 0.15) is 49.6 Å². The molecule has 6 amide bonds. The smallest absolute Gasteiger partial charge is 0.471 e. The molecule has 6 N–H and O–H groups in total. The van der Waals surface area contributed by atoms with Crippen LogP contribution in [0.2, 0.25) is 0 Å². The van der Waals surface area contributed by atoms with Crippen LogP contribution in [0.5, 0.6) is 11.5 Å². The molecule has 4 aromatic heterocycles. The highest BCUT2D eigenvalue weighted by molar-refractivity contribution is 6.19. The fraction of sp³-hybridized carbons (Fsp3) is 0.141. The highest BCUT2D eigenvalue weighted by Gasteiger charge is 2.41. The van der Waals surface area contributed by atoms with E-state index in [1.54, 1.807) is 167 Å². The minimum absolute atomic E-state index is 0.0229. The van der Waals surface area contributed by atoms with E-state index in [1.165, 1.54) is 24.3 Å². The Morgan fingerprint density at radius 1 is 0.418 bits per heavy atom. The molecule has 27 heteroatoms. The molecule has 0 radical (unpaired) electrons. The predicted octanol–water partition coefficient (Wildman–Crippen LogP) is 12.2. The van der Waals surface area contributed by atoms with Crippen LogP contribution < -0.4 is 41.4 Å². The second-order valence-corrected chi connectivity index (χ2v) is 21.7. The van der Waals surface area contributed by atoms with Crippen LogP contribution >= 0.6 is 0 Å². The van der Waals surface area contributed by atoms with E-state index in [4.69, 9.17) is 18.9 Å². The number of benzene rings is 6. The summed E-state index contributed by atoms with van der Waals surface area (Å²) in [4.78, 5) is 120. The van der Waals surface area contributed by atoms with Gasteiger partial charge in [0, 0.05) is 45.8 Å². The Labute approximate surface area is 552 Å². The van der Waals surface area contributed by atoms with E-state index in [0.29, 0.717) is 33.3 Å². The maximum atomic E-state index is 14.4. The van der Waals surface area contributed by atoms with Gasteiger partial charge in [0.15, 0.2) is 11.6 Å². The zero-order valence-corrected chi connectivity index (χ0v) is 51.7. The summed E-state index contributed by atoms with van der Waals surface area (Å²) < 4.78 is 106. The number of nitrogens with zero attached hydrogens (tertiary/aromatic N) is 2. The molecule has 98 heavy (non-hydrogen) atoms. The first-order chi connectivity index (χ1) is 46.9. The lowest BCUT2D eigenvalue weighted by Gasteiger charge is -2.14. The molecule has 21 nitrogen and oxygen atoms in total. The Morgan fingerprint density at radius 3 is 1.19 bits per heavy atom. The predicted molar refractivity (Wildman–Crippen MR) is 346 cm³/mol. The van der Waals surface area contributed by atoms with Crippen molar-refractivity contribution in [3.8, 4) is 11.5 Å². The first-order valence-electron chi connectivity index (χ1n) is 29.8. The van der Waals surface area contributed by atoms with Crippen LogP contribution in [-0.4, -0.2) is 101 Å². The van der Waals surface area contributed by atoms with E-state index in [9.17, 15) is 69.5 Å². The third kappa shape index (κ3) is 16.1. The number of urea groups is 1. The highest BCUT2D eigenvalue weighted by atomic mass is 19.4. The summed E-state index contributed by atoms with van der Waals surface area (Å²) in [5.41, 5.74) is 0.416. The standard InChI is InChI=1S/C71H56F6N8O13/c1-41-57(59(86)45-25-27-53(80-67(92)70(72,73)74)51(37-45)65(90)97-39-43-15-5-3-6-16-43)55-23-9-11-31-84(55)61(41)82-63(88)47-19-13-21-49(35-47)95-33-29-78-69(94)79-30-34-96-50-22-14-20-48(36-50)64(89)83-62-42(2)58(56-24-10-12-32-85(56)62)60(87)46-26-28-54(81-68(93)71(75,76)77)52(38-46)66(91)98-40-44-17-7-4-8-18-44/h3-28,31-32,35-38H,29-30,33-34,39-40H2,1-2H3,(H,80,92)(H,81,93)(H,82,88)(H,83,89)(H2,78,79,94). The summed E-state index contributed by atoms with van der Waals surface area (Å²) >= 11 is 0. The number of carbonyl (C=O) groups excluding carboxylic acids is 9. The van der Waals surface area contributed by atoms with Crippen molar-refractivity contribution in [1.82, 2.24) is 19.4 Å². The van der Waals surface area contributed by atoms with E-state index in [1.807, 2.05) is 0 Å². The van der Waals surface area contributed by atoms with Crippen molar-refractivity contribution < 1.29 is 88.4 Å². The number of hydrogen-bond acceptors (Lipinski definition) is 13. The van der Waals surface area contributed by atoms with Crippen LogP contribution in [0.1, 0.15) is 95.5 Å². The number of carbonyl (C=O) groups is 9. The van der Waals surface area contributed by atoms with Crippen LogP contribution in [0.25, 0.3) is 11.0 Å². The second kappa shape index (κ2) is 29.8. The Balaban J connectivity index is 0.717. The Hall–Kier alpha value is -12.6. The molecule has 0 aliphatic rings. The lowest BCUT2D eigenvalue weighted by molar-refractivity contribution is -0.167. The van der Waals surface area contributed by atoms with Gasteiger partial charge in [0.25, 0.3) is 11.8 Å². The first kappa shape index (κ1) is 68.3. The number of ketones is 2. The van der Waals surface area contributed by atoms with Gasteiger partial charge in [-0.05, 0) is 122 Å². The number of aromatic nitrogens is 2. The van der Waals surface area contributed by atoms with Gasteiger partial charge in [-0.3, -0.25) is 28.8 Å². The number of nitrogens with one attached hydrogen (secondary N) is 6. The van der Waals surface area contributed by atoms with E-state index in [-0.39, 0.29) is 96.0 Å². The maximum Gasteiger partial charge on any atom is 0.471 e. The van der Waals surface area contributed by atoms with Crippen molar-refractivity contribution >= 4 is 87.2 Å². The zero-order valence-electron chi connectivity index (χ0n) is 51.7. The molecule has 6 aromatic carbocycles. The van der Waals surface area contributed by atoms with Crippen molar-refractivity contribution in [3.63, 3.8) is 0 Å². The maximum absolute atomic E-state index is 14.4. The van der Waals surface area contributed by atoms with Crippen LogP contribution in [-0.2, 0) is 32.3 Å². The van der Waals surface area contributed by atoms with Crippen molar-refractivity contribution in [1.29, 1.82) is 0 Å². The number of esters is 2. The number of pyridine rings is 2. The summed E-state index contributed by atoms with van der Waals surface area (Å²) in [5, 5.41) is 14.4. The molecule has 0 saturated carbocycles. The number of alkyl halides is 6. The van der Waals surface area contributed by atoms with Gasteiger partial charge in [0.2, 0.25) is 0 Å². The van der Waals surface area contributed by atoms with Crippen molar-refractivity contribution in [3.05, 3.63) is 261 Å². The number of rotatable bonds is 24. The summed E-state index contributed by atoms with van der Waals surface area (Å²) in [7, 11) is 0. The van der Waals surface area contributed by atoms with E-state index >= 15 is 0 Å². The fourth-order valence-electron chi connectivity index (χ4n) is 10.3. The SMILES string of the molecule is Cc1c(C(=O)c2ccc(NC(=O)C(F)(F)F)c(C(=O)OCc3ccccc3)c2)c2ccccn2c1NC(=O)c1cccc(OCCNC(=O)NCCOc2cccc(C(=O)Nc3c(C)c(C(=O)c4ccc(NC(=O)C(F)(F)F)c(C(=O)OCc5ccccc5)c4)c4ccccn34)c2)c1. The molecule has 0 bridgehead atoms. The minimum atomic E-state index is -5.30. The van der Waals surface area contributed by atoms with Gasteiger partial charge in [-0.25, -0.2) is 14.4 Å². The Kier molecular flexibility index (Phi) is 20.8. The molecular weight excluding hydrogens is 1290 g/mol. The lowest BCUT2D eigenvalue weighted by atomic mass is 9.98. The third-order valence-electron chi connectivity index (χ3n) is 15.0. The summed E-state index contributed by atoms with van der Waals surface area (Å²) in [6, 6.07) is 44.7. The molecule has 500 valence electrons. The Bertz CT molecular complexity index is 4450. The molecule has 0 fully saturated rings. The monoisotopic (exact) mass is 1340 g/mol. The molecule has 4 heterocycles. The van der Waals surface area contributed by atoms with Gasteiger partial charge < -0.3 is 59.6 Å². The minimum Gasteiger partial charge on any atom is -0.492 e. The number of fused-ring (bicyclic) bond motifs is 2. The van der Waals surface area contributed by atoms with Crippen molar-refractivity contribution in [2.45, 2.75) is 39.4 Å². The van der Waals surface area contributed by atoms with Gasteiger partial charge in [-0.2, -0.15) is 26.3 Å². The van der Waals surface area contributed by atoms with Crippen LogP contribution in [0.4, 0.5) is 54.1 Å². The number of hydrogen-bond donors (Lipinski definition) is 6. The van der Waals surface area contributed by atoms with Crippen LogP contribution in [0.15, 0.2) is 194 Å². The third-order valence-corrected chi connectivity index (χ3v) is 15.0. The van der Waals surface area contributed by atoms with Crippen molar-refractivity contribution in [2.75, 3.05) is 47.6 Å². The molecule has 0 aliphatic carbocycles. The molecular formula is C71H56F6N8O13. The van der Waals surface area contributed by atoms with E-state index < -0.39 is 88.0 Å². The van der Waals surface area contributed by atoms with E-state index in [0.717, 1.165) is 36.4 Å². The number of amides is 6. The van der Waals surface area contributed by atoms with Gasteiger partial charge in [0.05, 0.1) is 57.8 Å². The number of anilines is 4. The number of ether oxygens (including phenoxy) is 4. The van der Waals surface area contributed by atoms with Crippen LogP contribution in [0.3, 0.4) is 0 Å². The molecule has 0 atom stereocenters. The van der Waals surface area contributed by atoms with E-state index in [2.05, 4.69) is 21.3 Å². The lowest BCUT2D eigenvalue weighted by Crippen LogP contribution is -2.39. The van der Waals surface area contributed by atoms with Gasteiger partial charge in [-0.15, -0.1) is 0 Å². The fourth-order valence-corrected chi connectivity index (χ4v) is 10.3. The molecule has 0 spiro atoms. The topological polar surface area (TPSA) is 272 Å². The highest BCUT2D eigenvalue weighted by Crippen LogP contribution is 2.35. The average molecular weight is 1340 g/mol. The average Bonchev–Trinajstić information content (AvgIpc) is 1.60. The molecule has 0 saturated heterocycles. The number of halogens is 6. The largest absolute Gasteiger partial charge is 0.492 e. The quantitative estimate of drug-likeness (QED) is 0.0142. The van der Waals surface area contributed by atoms with Crippen molar-refractivity contribution in [2.24, 2.45) is 0 Å². The Morgan fingerprint density at radius 2 is 0.806 bits per heavy atom.